The summed E-state index contributed by atoms with van der Waals surface area (Å²) in [6.07, 6.45) is 0. The Balaban J connectivity index is 1.81. The molecule has 1 aliphatic heterocycles. The molecule has 2 atom stereocenters. The molecular weight excluding hydrogens is 282 g/mol. The summed E-state index contributed by atoms with van der Waals surface area (Å²) in [6, 6.07) is 16.5. The largest absolute Gasteiger partial charge is 0.243 e. The van der Waals surface area contributed by atoms with Crippen molar-refractivity contribution in [3.05, 3.63) is 72.3 Å². The molecule has 3 nitrogen and oxygen atoms in total. The molecule has 2 aromatic carbocycles. The van der Waals surface area contributed by atoms with E-state index in [0.717, 1.165) is 16.7 Å². The lowest BCUT2D eigenvalue weighted by Gasteiger charge is -2.08. The van der Waals surface area contributed by atoms with Crippen LogP contribution in [-0.2, 0) is 10.0 Å². The van der Waals surface area contributed by atoms with Crippen LogP contribution in [0, 0.1) is 6.92 Å². The van der Waals surface area contributed by atoms with Crippen molar-refractivity contribution >= 4 is 15.6 Å². The molecule has 1 fully saturated rings. The highest BCUT2D eigenvalue weighted by Gasteiger charge is 2.46. The highest BCUT2D eigenvalue weighted by Crippen LogP contribution is 2.36. The van der Waals surface area contributed by atoms with Crippen LogP contribution in [0.15, 0.2) is 66.1 Å². The summed E-state index contributed by atoms with van der Waals surface area (Å²) >= 11 is 0. The number of rotatable bonds is 4. The van der Waals surface area contributed by atoms with Crippen LogP contribution in [-0.4, -0.2) is 25.3 Å². The van der Waals surface area contributed by atoms with E-state index in [2.05, 4.69) is 6.58 Å². The maximum absolute atomic E-state index is 12.5. The Morgan fingerprint density at radius 1 is 1.10 bits per heavy atom. The lowest BCUT2D eigenvalue weighted by atomic mass is 10.1. The Morgan fingerprint density at radius 3 is 2.33 bits per heavy atom. The summed E-state index contributed by atoms with van der Waals surface area (Å²) < 4.78 is 26.6. The Labute approximate surface area is 125 Å². The van der Waals surface area contributed by atoms with Gasteiger partial charge in [-0.3, -0.25) is 0 Å². The average molecular weight is 299 g/mol. The molecule has 0 saturated carbocycles. The smallest absolute Gasteiger partial charge is 0.207 e. The first-order chi connectivity index (χ1) is 10.00. The van der Waals surface area contributed by atoms with E-state index in [9.17, 15) is 8.42 Å². The molecule has 0 bridgehead atoms. The predicted octanol–water partition coefficient (Wildman–Crippen LogP) is 3.08. The zero-order valence-electron chi connectivity index (χ0n) is 11.9. The second-order valence-electron chi connectivity index (χ2n) is 5.29. The first-order valence-corrected chi connectivity index (χ1v) is 8.27. The zero-order chi connectivity index (χ0) is 15.0. The van der Waals surface area contributed by atoms with Crippen LogP contribution in [0.25, 0.3) is 5.57 Å². The van der Waals surface area contributed by atoms with E-state index in [4.69, 9.17) is 0 Å². The van der Waals surface area contributed by atoms with Crippen LogP contribution in [0.2, 0.25) is 0 Å². The van der Waals surface area contributed by atoms with Crippen molar-refractivity contribution in [1.82, 2.24) is 4.31 Å². The SMILES string of the molecule is C=C(c1ccccc1)C1CN1S(=O)(=O)c1ccc(C)cc1. The van der Waals surface area contributed by atoms with E-state index in [1.54, 1.807) is 12.1 Å². The van der Waals surface area contributed by atoms with Crippen LogP contribution in [0.1, 0.15) is 11.1 Å². The van der Waals surface area contributed by atoms with Crippen LogP contribution in [0.5, 0.6) is 0 Å². The molecule has 1 heterocycles. The molecule has 0 spiro atoms. The van der Waals surface area contributed by atoms with Crippen LogP contribution in [0.3, 0.4) is 0 Å². The standard InChI is InChI=1S/C17H17NO2S/c1-13-8-10-16(11-9-13)21(19,20)18-12-17(18)14(2)15-6-4-3-5-7-15/h3-11,17H,2,12H2,1H3. The topological polar surface area (TPSA) is 37.1 Å². The van der Waals surface area contributed by atoms with E-state index in [0.29, 0.717) is 11.4 Å². The molecule has 1 saturated heterocycles. The van der Waals surface area contributed by atoms with Gasteiger partial charge in [0.15, 0.2) is 0 Å². The van der Waals surface area contributed by atoms with Gasteiger partial charge in [0.05, 0.1) is 10.9 Å². The minimum atomic E-state index is -3.41. The van der Waals surface area contributed by atoms with Crippen molar-refractivity contribution in [1.29, 1.82) is 0 Å². The van der Waals surface area contributed by atoms with E-state index >= 15 is 0 Å². The Kier molecular flexibility index (Phi) is 3.43. The van der Waals surface area contributed by atoms with Crippen molar-refractivity contribution in [2.45, 2.75) is 17.9 Å². The second-order valence-corrected chi connectivity index (χ2v) is 7.19. The lowest BCUT2D eigenvalue weighted by Crippen LogP contribution is -2.15. The van der Waals surface area contributed by atoms with Gasteiger partial charge < -0.3 is 0 Å². The molecule has 1 aliphatic rings. The molecular formula is C17H17NO2S. The summed E-state index contributed by atoms with van der Waals surface area (Å²) in [5.41, 5.74) is 2.89. The van der Waals surface area contributed by atoms with Gasteiger partial charge >= 0.3 is 0 Å². The number of hydrogen-bond donors (Lipinski definition) is 0. The van der Waals surface area contributed by atoms with Crippen LogP contribution >= 0.6 is 0 Å². The Hall–Kier alpha value is -1.91. The fraction of sp³-hybridized carbons (Fsp3) is 0.176. The molecule has 4 heteroatoms. The van der Waals surface area contributed by atoms with Crippen molar-refractivity contribution in [2.75, 3.05) is 6.54 Å². The first kappa shape index (κ1) is 14.0. The fourth-order valence-electron chi connectivity index (χ4n) is 2.36. The first-order valence-electron chi connectivity index (χ1n) is 6.83. The predicted molar refractivity (Wildman–Crippen MR) is 84.3 cm³/mol. The molecule has 2 aromatic rings. The summed E-state index contributed by atoms with van der Waals surface area (Å²) in [4.78, 5) is 0.344. The zero-order valence-corrected chi connectivity index (χ0v) is 12.7. The van der Waals surface area contributed by atoms with Gasteiger partial charge in [-0.15, -0.1) is 0 Å². The summed E-state index contributed by atoms with van der Waals surface area (Å²) in [7, 11) is -3.41. The highest BCUT2D eigenvalue weighted by atomic mass is 32.2. The minimum absolute atomic E-state index is 0.126. The van der Waals surface area contributed by atoms with Gasteiger partial charge in [-0.25, -0.2) is 8.42 Å². The highest BCUT2D eigenvalue weighted by molar-refractivity contribution is 7.89. The van der Waals surface area contributed by atoms with Gasteiger partial charge in [-0.1, -0.05) is 54.6 Å². The van der Waals surface area contributed by atoms with Crippen LogP contribution < -0.4 is 0 Å². The van der Waals surface area contributed by atoms with Gasteiger partial charge in [-0.05, 0) is 30.2 Å². The quantitative estimate of drug-likeness (QED) is 0.814. The number of sulfonamides is 1. The molecule has 21 heavy (non-hydrogen) atoms. The van der Waals surface area contributed by atoms with Crippen LogP contribution in [0.4, 0.5) is 0 Å². The molecule has 0 amide bonds. The monoisotopic (exact) mass is 299 g/mol. The van der Waals surface area contributed by atoms with Gasteiger partial charge in [-0.2, -0.15) is 4.31 Å². The van der Waals surface area contributed by atoms with E-state index < -0.39 is 10.0 Å². The third-order valence-corrected chi connectivity index (χ3v) is 5.63. The van der Waals surface area contributed by atoms with Crippen molar-refractivity contribution in [3.63, 3.8) is 0 Å². The molecule has 3 rings (SSSR count). The van der Waals surface area contributed by atoms with E-state index in [-0.39, 0.29) is 6.04 Å². The maximum atomic E-state index is 12.5. The molecule has 2 unspecified atom stereocenters. The maximum Gasteiger partial charge on any atom is 0.243 e. The van der Waals surface area contributed by atoms with Gasteiger partial charge in [0, 0.05) is 6.54 Å². The van der Waals surface area contributed by atoms with Crippen molar-refractivity contribution in [3.8, 4) is 0 Å². The second kappa shape index (κ2) is 5.13. The van der Waals surface area contributed by atoms with Crippen molar-refractivity contribution < 1.29 is 8.42 Å². The molecule has 0 N–H and O–H groups in total. The fourth-order valence-corrected chi connectivity index (χ4v) is 3.91. The van der Waals surface area contributed by atoms with Gasteiger partial charge in [0.25, 0.3) is 0 Å². The van der Waals surface area contributed by atoms with Gasteiger partial charge in [0.1, 0.15) is 0 Å². The number of hydrogen-bond acceptors (Lipinski definition) is 2. The third-order valence-electron chi connectivity index (χ3n) is 3.74. The minimum Gasteiger partial charge on any atom is -0.207 e. The van der Waals surface area contributed by atoms with E-state index in [1.165, 1.54) is 4.31 Å². The Bertz CT molecular complexity index is 764. The number of benzene rings is 2. The van der Waals surface area contributed by atoms with E-state index in [1.807, 2.05) is 49.4 Å². The number of aryl methyl sites for hydroxylation is 1. The summed E-state index contributed by atoms with van der Waals surface area (Å²) in [5.74, 6) is 0. The molecule has 0 aromatic heterocycles. The normalized spacial score (nSPS) is 21.0. The summed E-state index contributed by atoms with van der Waals surface area (Å²) in [5, 5.41) is 0. The molecule has 0 radical (unpaired) electrons. The Morgan fingerprint density at radius 2 is 1.71 bits per heavy atom. The van der Waals surface area contributed by atoms with Crippen molar-refractivity contribution in [2.24, 2.45) is 0 Å². The summed E-state index contributed by atoms with van der Waals surface area (Å²) in [6.45, 7) is 6.49. The average Bonchev–Trinajstić information content (AvgIpc) is 3.29. The molecule has 108 valence electrons. The number of nitrogens with zero attached hydrogens (tertiary/aromatic N) is 1. The molecule has 0 aliphatic carbocycles. The third kappa shape index (κ3) is 2.64. The van der Waals surface area contributed by atoms with Gasteiger partial charge in [0.2, 0.25) is 10.0 Å². The lowest BCUT2D eigenvalue weighted by molar-refractivity contribution is 0.559.